The molecule has 3 heteroatoms. The SMILES string of the molecule is CC(C)CC(=O)Oc1ccccc1C=O. The fourth-order valence-corrected chi connectivity index (χ4v) is 1.17. The van der Waals surface area contributed by atoms with Crippen LogP contribution in [0.4, 0.5) is 0 Å². The number of para-hydroxylation sites is 1. The Balaban J connectivity index is 2.71. The number of esters is 1. The van der Waals surface area contributed by atoms with Gasteiger partial charge in [0.15, 0.2) is 6.29 Å². The first kappa shape index (κ1) is 11.4. The van der Waals surface area contributed by atoms with Crippen molar-refractivity contribution in [2.45, 2.75) is 20.3 Å². The van der Waals surface area contributed by atoms with Crippen LogP contribution in [0.1, 0.15) is 30.6 Å². The molecule has 0 spiro atoms. The fourth-order valence-electron chi connectivity index (χ4n) is 1.17. The first-order valence-corrected chi connectivity index (χ1v) is 4.88. The van der Waals surface area contributed by atoms with Crippen molar-refractivity contribution in [3.05, 3.63) is 29.8 Å². The number of rotatable bonds is 4. The molecule has 0 aliphatic rings. The highest BCUT2D eigenvalue weighted by Crippen LogP contribution is 2.16. The molecule has 0 fully saturated rings. The summed E-state index contributed by atoms with van der Waals surface area (Å²) in [6, 6.07) is 6.68. The number of benzene rings is 1. The average molecular weight is 206 g/mol. The zero-order valence-corrected chi connectivity index (χ0v) is 8.90. The van der Waals surface area contributed by atoms with E-state index in [9.17, 15) is 9.59 Å². The molecule has 0 heterocycles. The summed E-state index contributed by atoms with van der Waals surface area (Å²) in [4.78, 5) is 22.0. The van der Waals surface area contributed by atoms with Gasteiger partial charge in [-0.15, -0.1) is 0 Å². The van der Waals surface area contributed by atoms with E-state index < -0.39 is 0 Å². The van der Waals surface area contributed by atoms with Gasteiger partial charge in [0, 0.05) is 6.42 Å². The molecule has 0 radical (unpaired) electrons. The van der Waals surface area contributed by atoms with E-state index >= 15 is 0 Å². The second-order valence-corrected chi connectivity index (χ2v) is 3.73. The smallest absolute Gasteiger partial charge is 0.311 e. The van der Waals surface area contributed by atoms with Crippen molar-refractivity contribution in [1.29, 1.82) is 0 Å². The summed E-state index contributed by atoms with van der Waals surface area (Å²) in [5.74, 6) is 0.276. The molecule has 1 aromatic carbocycles. The van der Waals surface area contributed by atoms with Crippen LogP contribution in [0.15, 0.2) is 24.3 Å². The summed E-state index contributed by atoms with van der Waals surface area (Å²) >= 11 is 0. The summed E-state index contributed by atoms with van der Waals surface area (Å²) < 4.78 is 5.08. The van der Waals surface area contributed by atoms with E-state index in [0.29, 0.717) is 24.0 Å². The molecular weight excluding hydrogens is 192 g/mol. The van der Waals surface area contributed by atoms with Gasteiger partial charge in [-0.3, -0.25) is 9.59 Å². The number of aldehydes is 1. The number of hydrogen-bond acceptors (Lipinski definition) is 3. The maximum absolute atomic E-state index is 11.4. The van der Waals surface area contributed by atoms with Gasteiger partial charge >= 0.3 is 5.97 Å². The third-order valence-electron chi connectivity index (χ3n) is 1.84. The van der Waals surface area contributed by atoms with Gasteiger partial charge in [-0.25, -0.2) is 0 Å². The number of hydrogen-bond donors (Lipinski definition) is 0. The van der Waals surface area contributed by atoms with E-state index in [0.717, 1.165) is 0 Å². The van der Waals surface area contributed by atoms with Crippen LogP contribution in [-0.4, -0.2) is 12.3 Å². The van der Waals surface area contributed by atoms with Crippen LogP contribution >= 0.6 is 0 Å². The van der Waals surface area contributed by atoms with E-state index in [1.165, 1.54) is 0 Å². The Labute approximate surface area is 89.1 Å². The van der Waals surface area contributed by atoms with Gasteiger partial charge in [-0.2, -0.15) is 0 Å². The molecule has 0 aliphatic heterocycles. The van der Waals surface area contributed by atoms with Gasteiger partial charge in [-0.05, 0) is 18.1 Å². The first-order chi connectivity index (χ1) is 7.13. The second-order valence-electron chi connectivity index (χ2n) is 3.73. The second kappa shape index (κ2) is 5.29. The molecule has 1 aromatic rings. The lowest BCUT2D eigenvalue weighted by Gasteiger charge is -2.07. The van der Waals surface area contributed by atoms with Crippen LogP contribution in [0.25, 0.3) is 0 Å². The summed E-state index contributed by atoms with van der Waals surface area (Å²) in [5, 5.41) is 0. The molecule has 0 amide bonds. The molecule has 0 bridgehead atoms. The first-order valence-electron chi connectivity index (χ1n) is 4.88. The minimum atomic E-state index is -0.306. The number of ether oxygens (including phenoxy) is 1. The van der Waals surface area contributed by atoms with Crippen LogP contribution in [-0.2, 0) is 4.79 Å². The topological polar surface area (TPSA) is 43.4 Å². The summed E-state index contributed by atoms with van der Waals surface area (Å²) in [7, 11) is 0. The van der Waals surface area contributed by atoms with Crippen LogP contribution in [0, 0.1) is 5.92 Å². The highest BCUT2D eigenvalue weighted by molar-refractivity contribution is 5.82. The van der Waals surface area contributed by atoms with E-state index in [1.54, 1.807) is 24.3 Å². The van der Waals surface area contributed by atoms with E-state index in [1.807, 2.05) is 13.8 Å². The Morgan fingerprint density at radius 1 is 1.40 bits per heavy atom. The lowest BCUT2D eigenvalue weighted by Crippen LogP contribution is -2.11. The van der Waals surface area contributed by atoms with Crippen LogP contribution < -0.4 is 4.74 Å². The molecule has 15 heavy (non-hydrogen) atoms. The zero-order valence-electron chi connectivity index (χ0n) is 8.90. The molecule has 0 unspecified atom stereocenters. The Kier molecular flexibility index (Phi) is 4.03. The Morgan fingerprint density at radius 2 is 2.07 bits per heavy atom. The van der Waals surface area contributed by atoms with Crippen molar-refractivity contribution in [2.75, 3.05) is 0 Å². The van der Waals surface area contributed by atoms with Gasteiger partial charge < -0.3 is 4.74 Å². The lowest BCUT2D eigenvalue weighted by molar-refractivity contribution is -0.135. The van der Waals surface area contributed by atoms with Gasteiger partial charge in [0.25, 0.3) is 0 Å². The number of carbonyl (C=O) groups excluding carboxylic acids is 2. The van der Waals surface area contributed by atoms with Crippen molar-refractivity contribution in [1.82, 2.24) is 0 Å². The quantitative estimate of drug-likeness (QED) is 0.431. The molecule has 3 nitrogen and oxygen atoms in total. The molecule has 80 valence electrons. The van der Waals surface area contributed by atoms with E-state index in [-0.39, 0.29) is 11.9 Å². The van der Waals surface area contributed by atoms with Crippen molar-refractivity contribution in [3.63, 3.8) is 0 Å². The number of carbonyl (C=O) groups is 2. The maximum atomic E-state index is 11.4. The summed E-state index contributed by atoms with van der Waals surface area (Å²) in [6.45, 7) is 3.87. The van der Waals surface area contributed by atoms with Gasteiger partial charge in [-0.1, -0.05) is 26.0 Å². The largest absolute Gasteiger partial charge is 0.426 e. The molecule has 0 saturated carbocycles. The predicted octanol–water partition coefficient (Wildman–Crippen LogP) is 2.45. The normalized spacial score (nSPS) is 10.1. The zero-order chi connectivity index (χ0) is 11.3. The molecular formula is C12H14O3. The highest BCUT2D eigenvalue weighted by Gasteiger charge is 2.09. The molecule has 1 rings (SSSR count). The summed E-state index contributed by atoms with van der Waals surface area (Å²) in [5.41, 5.74) is 0.398. The molecule has 0 saturated heterocycles. The van der Waals surface area contributed by atoms with Crippen LogP contribution in [0.2, 0.25) is 0 Å². The molecule has 0 aliphatic carbocycles. The van der Waals surface area contributed by atoms with Crippen molar-refractivity contribution in [2.24, 2.45) is 5.92 Å². The minimum Gasteiger partial charge on any atom is -0.426 e. The Bertz CT molecular complexity index is 356. The van der Waals surface area contributed by atoms with E-state index in [4.69, 9.17) is 4.74 Å². The Hall–Kier alpha value is -1.64. The molecule has 0 atom stereocenters. The average Bonchev–Trinajstić information content (AvgIpc) is 2.17. The third kappa shape index (κ3) is 3.54. The van der Waals surface area contributed by atoms with Crippen molar-refractivity contribution >= 4 is 12.3 Å². The monoisotopic (exact) mass is 206 g/mol. The third-order valence-corrected chi connectivity index (χ3v) is 1.84. The van der Waals surface area contributed by atoms with Gasteiger partial charge in [0.05, 0.1) is 5.56 Å². The van der Waals surface area contributed by atoms with E-state index in [2.05, 4.69) is 0 Å². The van der Waals surface area contributed by atoms with Gasteiger partial charge in [0.1, 0.15) is 5.75 Å². The maximum Gasteiger partial charge on any atom is 0.311 e. The molecule has 0 aromatic heterocycles. The van der Waals surface area contributed by atoms with Crippen molar-refractivity contribution in [3.8, 4) is 5.75 Å². The van der Waals surface area contributed by atoms with Crippen LogP contribution in [0.5, 0.6) is 5.75 Å². The predicted molar refractivity (Wildman–Crippen MR) is 56.9 cm³/mol. The minimum absolute atomic E-state index is 0.251. The fraction of sp³-hybridized carbons (Fsp3) is 0.333. The highest BCUT2D eigenvalue weighted by atomic mass is 16.5. The van der Waals surface area contributed by atoms with Crippen molar-refractivity contribution < 1.29 is 14.3 Å². The van der Waals surface area contributed by atoms with Crippen LogP contribution in [0.3, 0.4) is 0 Å². The Morgan fingerprint density at radius 3 is 2.67 bits per heavy atom. The summed E-state index contributed by atoms with van der Waals surface area (Å²) in [6.07, 6.45) is 1.03. The van der Waals surface area contributed by atoms with Gasteiger partial charge in [0.2, 0.25) is 0 Å². The molecule has 0 N–H and O–H groups in total. The lowest BCUT2D eigenvalue weighted by atomic mass is 10.1. The standard InChI is InChI=1S/C12H14O3/c1-9(2)7-12(14)15-11-6-4-3-5-10(11)8-13/h3-6,8-9H,7H2,1-2H3.